The summed E-state index contributed by atoms with van der Waals surface area (Å²) in [7, 11) is -3.92. The first-order valence-corrected chi connectivity index (χ1v) is 7.29. The van der Waals surface area contributed by atoms with Gasteiger partial charge in [0.05, 0.1) is 10.6 Å². The summed E-state index contributed by atoms with van der Waals surface area (Å²) in [5.74, 6) is -0.258. The molecule has 0 aliphatic rings. The zero-order chi connectivity index (χ0) is 15.5. The highest BCUT2D eigenvalue weighted by molar-refractivity contribution is 7.92. The van der Waals surface area contributed by atoms with Crippen LogP contribution in [0.5, 0.6) is 5.75 Å². The van der Waals surface area contributed by atoms with E-state index in [1.807, 2.05) is 0 Å². The third-order valence-electron chi connectivity index (χ3n) is 2.54. The van der Waals surface area contributed by atoms with Crippen LogP contribution >= 0.6 is 0 Å². The van der Waals surface area contributed by atoms with Crippen LogP contribution in [0.4, 0.5) is 20.2 Å². The number of sulfonamides is 1. The fourth-order valence-electron chi connectivity index (χ4n) is 1.60. The van der Waals surface area contributed by atoms with Crippen molar-refractivity contribution in [1.82, 2.24) is 0 Å². The van der Waals surface area contributed by atoms with Gasteiger partial charge >= 0.3 is 6.61 Å². The molecule has 21 heavy (non-hydrogen) atoms. The molecule has 2 aromatic carbocycles. The molecule has 5 nitrogen and oxygen atoms in total. The van der Waals surface area contributed by atoms with Crippen molar-refractivity contribution < 1.29 is 21.9 Å². The summed E-state index contributed by atoms with van der Waals surface area (Å²) in [6.45, 7) is -3.05. The van der Waals surface area contributed by atoms with E-state index in [2.05, 4.69) is 9.46 Å². The van der Waals surface area contributed by atoms with Gasteiger partial charge in [-0.15, -0.1) is 0 Å². The molecule has 0 amide bonds. The quantitative estimate of drug-likeness (QED) is 0.831. The van der Waals surface area contributed by atoms with Crippen LogP contribution in [0.15, 0.2) is 53.4 Å². The van der Waals surface area contributed by atoms with Gasteiger partial charge in [-0.3, -0.25) is 4.72 Å². The number of hydrogen-bond donors (Lipinski definition) is 2. The van der Waals surface area contributed by atoms with Crippen molar-refractivity contribution >= 4 is 21.4 Å². The minimum Gasteiger partial charge on any atom is -0.433 e. The van der Waals surface area contributed by atoms with Crippen LogP contribution in [0.25, 0.3) is 0 Å². The van der Waals surface area contributed by atoms with E-state index in [4.69, 9.17) is 5.73 Å². The molecule has 0 aliphatic heterocycles. The van der Waals surface area contributed by atoms with Crippen LogP contribution in [0.2, 0.25) is 0 Å². The third kappa shape index (κ3) is 3.82. The number of halogens is 2. The molecule has 3 N–H and O–H groups in total. The van der Waals surface area contributed by atoms with Crippen LogP contribution in [-0.4, -0.2) is 15.0 Å². The Balaban J connectivity index is 2.30. The highest BCUT2D eigenvalue weighted by atomic mass is 32.2. The van der Waals surface area contributed by atoms with E-state index in [1.165, 1.54) is 48.5 Å². The second kappa shape index (κ2) is 5.96. The number of ether oxygens (including phenoxy) is 1. The molecule has 0 radical (unpaired) electrons. The fraction of sp³-hybridized carbons (Fsp3) is 0.0769. The summed E-state index contributed by atoms with van der Waals surface area (Å²) in [5, 5.41) is 0. The van der Waals surface area contributed by atoms with Crippen molar-refractivity contribution in [3.63, 3.8) is 0 Å². The van der Waals surface area contributed by atoms with Crippen molar-refractivity contribution in [2.24, 2.45) is 0 Å². The number of anilines is 2. The molecule has 0 heterocycles. The van der Waals surface area contributed by atoms with Gasteiger partial charge in [-0.25, -0.2) is 8.42 Å². The van der Waals surface area contributed by atoms with Crippen LogP contribution < -0.4 is 15.2 Å². The summed E-state index contributed by atoms with van der Waals surface area (Å²) in [6.07, 6.45) is 0. The van der Waals surface area contributed by atoms with Crippen LogP contribution in [0, 0.1) is 0 Å². The SMILES string of the molecule is Nc1ccc(S(=O)(=O)Nc2ccccc2OC(F)F)cc1. The van der Waals surface area contributed by atoms with Crippen molar-refractivity contribution in [2.75, 3.05) is 10.5 Å². The Bertz CT molecular complexity index is 718. The maximum Gasteiger partial charge on any atom is 0.387 e. The van der Waals surface area contributed by atoms with Crippen molar-refractivity contribution in [3.05, 3.63) is 48.5 Å². The van der Waals surface area contributed by atoms with Gasteiger partial charge in [0.2, 0.25) is 0 Å². The highest BCUT2D eigenvalue weighted by Gasteiger charge is 2.17. The lowest BCUT2D eigenvalue weighted by Gasteiger charge is -2.13. The van der Waals surface area contributed by atoms with Gasteiger partial charge in [0.1, 0.15) is 5.75 Å². The maximum atomic E-state index is 12.3. The summed E-state index contributed by atoms with van der Waals surface area (Å²) in [5.41, 5.74) is 5.82. The highest BCUT2D eigenvalue weighted by Crippen LogP contribution is 2.28. The Kier molecular flexibility index (Phi) is 4.27. The van der Waals surface area contributed by atoms with Crippen LogP contribution in [0.1, 0.15) is 0 Å². The van der Waals surface area contributed by atoms with Gasteiger partial charge in [0, 0.05) is 5.69 Å². The summed E-state index contributed by atoms with van der Waals surface area (Å²) in [6, 6.07) is 11.0. The molecule has 0 spiro atoms. The largest absolute Gasteiger partial charge is 0.433 e. The van der Waals surface area contributed by atoms with Crippen LogP contribution in [0.3, 0.4) is 0 Å². The predicted octanol–water partition coefficient (Wildman–Crippen LogP) is 2.67. The van der Waals surface area contributed by atoms with E-state index >= 15 is 0 Å². The molecular formula is C13H12F2N2O3S. The molecular weight excluding hydrogens is 302 g/mol. The van der Waals surface area contributed by atoms with E-state index < -0.39 is 16.6 Å². The second-order valence-corrected chi connectivity index (χ2v) is 5.73. The number of nitrogens with two attached hydrogens (primary N) is 1. The lowest BCUT2D eigenvalue weighted by atomic mass is 10.3. The predicted molar refractivity (Wildman–Crippen MR) is 74.7 cm³/mol. The Morgan fingerprint density at radius 1 is 1.05 bits per heavy atom. The van der Waals surface area contributed by atoms with Gasteiger partial charge in [0.15, 0.2) is 0 Å². The maximum absolute atomic E-state index is 12.3. The average molecular weight is 314 g/mol. The topological polar surface area (TPSA) is 81.4 Å². The zero-order valence-electron chi connectivity index (χ0n) is 10.7. The number of benzene rings is 2. The average Bonchev–Trinajstić information content (AvgIpc) is 2.40. The van der Waals surface area contributed by atoms with E-state index in [9.17, 15) is 17.2 Å². The molecule has 0 unspecified atom stereocenters. The first-order chi connectivity index (χ1) is 9.88. The number of alkyl halides is 2. The van der Waals surface area contributed by atoms with E-state index in [0.29, 0.717) is 5.69 Å². The van der Waals surface area contributed by atoms with Crippen molar-refractivity contribution in [1.29, 1.82) is 0 Å². The minimum absolute atomic E-state index is 0.0384. The number of nitrogen functional groups attached to an aromatic ring is 1. The lowest BCUT2D eigenvalue weighted by molar-refractivity contribution is -0.0493. The fourth-order valence-corrected chi connectivity index (χ4v) is 2.67. The number of hydrogen-bond acceptors (Lipinski definition) is 4. The van der Waals surface area contributed by atoms with Gasteiger partial charge in [-0.2, -0.15) is 8.78 Å². The molecule has 2 aromatic rings. The Labute approximate surface area is 120 Å². The monoisotopic (exact) mass is 314 g/mol. The molecule has 2 rings (SSSR count). The van der Waals surface area contributed by atoms with E-state index in [-0.39, 0.29) is 16.3 Å². The number of nitrogens with one attached hydrogen (secondary N) is 1. The van der Waals surface area contributed by atoms with Gasteiger partial charge in [-0.1, -0.05) is 12.1 Å². The Morgan fingerprint density at radius 3 is 2.29 bits per heavy atom. The smallest absolute Gasteiger partial charge is 0.387 e. The molecule has 0 aromatic heterocycles. The molecule has 0 bridgehead atoms. The summed E-state index contributed by atoms with van der Waals surface area (Å²) in [4.78, 5) is -0.0384. The lowest BCUT2D eigenvalue weighted by Crippen LogP contribution is -2.14. The zero-order valence-corrected chi connectivity index (χ0v) is 11.5. The second-order valence-electron chi connectivity index (χ2n) is 4.05. The summed E-state index contributed by atoms with van der Waals surface area (Å²) < 4.78 is 55.4. The minimum atomic E-state index is -3.92. The van der Waals surface area contributed by atoms with Gasteiger partial charge in [0.25, 0.3) is 10.0 Å². The Hall–Kier alpha value is -2.35. The molecule has 8 heteroatoms. The van der Waals surface area contributed by atoms with E-state index in [1.54, 1.807) is 0 Å². The van der Waals surface area contributed by atoms with Crippen LogP contribution in [-0.2, 0) is 10.0 Å². The number of rotatable bonds is 5. The molecule has 0 saturated heterocycles. The first-order valence-electron chi connectivity index (χ1n) is 5.81. The molecule has 0 aliphatic carbocycles. The van der Waals surface area contributed by atoms with Gasteiger partial charge < -0.3 is 10.5 Å². The molecule has 0 fully saturated rings. The molecule has 112 valence electrons. The van der Waals surface area contributed by atoms with Crippen molar-refractivity contribution in [2.45, 2.75) is 11.5 Å². The molecule has 0 atom stereocenters. The summed E-state index contributed by atoms with van der Waals surface area (Å²) >= 11 is 0. The van der Waals surface area contributed by atoms with E-state index in [0.717, 1.165) is 0 Å². The Morgan fingerprint density at radius 2 is 1.67 bits per heavy atom. The standard InChI is InChI=1S/C13H12F2N2O3S/c14-13(15)20-12-4-2-1-3-11(12)17-21(18,19)10-7-5-9(16)6-8-10/h1-8,13,17H,16H2. The molecule has 0 saturated carbocycles. The third-order valence-corrected chi connectivity index (χ3v) is 3.92. The number of para-hydroxylation sites is 2. The van der Waals surface area contributed by atoms with Gasteiger partial charge in [-0.05, 0) is 36.4 Å². The van der Waals surface area contributed by atoms with Crippen molar-refractivity contribution in [3.8, 4) is 5.75 Å². The normalized spacial score (nSPS) is 11.4. The first kappa shape index (κ1) is 15.0.